The molecule has 1 aromatic heterocycles. The number of hydrogen-bond donors (Lipinski definition) is 1. The van der Waals surface area contributed by atoms with E-state index in [1.165, 1.54) is 91.3 Å². The monoisotopic (exact) mass is 388 g/mol. The zero-order chi connectivity index (χ0) is 17.5. The minimum atomic E-state index is 0.0645. The van der Waals surface area contributed by atoms with Gasteiger partial charge in [0.2, 0.25) is 11.0 Å². The van der Waals surface area contributed by atoms with Crippen molar-refractivity contribution < 1.29 is 4.79 Å². The molecular formula is C18H32N2OS3. The van der Waals surface area contributed by atoms with Crippen molar-refractivity contribution in [1.29, 1.82) is 0 Å². The van der Waals surface area contributed by atoms with Crippen LogP contribution in [0.4, 0.5) is 5.13 Å². The van der Waals surface area contributed by atoms with Gasteiger partial charge in [0.15, 0.2) is 3.95 Å². The minimum absolute atomic E-state index is 0.0645. The Morgan fingerprint density at radius 2 is 1.38 bits per heavy atom. The van der Waals surface area contributed by atoms with E-state index in [0.717, 1.165) is 12.8 Å². The van der Waals surface area contributed by atoms with Crippen molar-refractivity contribution in [1.82, 2.24) is 4.98 Å². The van der Waals surface area contributed by atoms with Gasteiger partial charge in [0.25, 0.3) is 0 Å². The van der Waals surface area contributed by atoms with Crippen LogP contribution in [0.25, 0.3) is 0 Å². The Hall–Kier alpha value is -0.330. The zero-order valence-corrected chi connectivity index (χ0v) is 17.4. The number of hydrogen-bond acceptors (Lipinski definition) is 5. The highest BCUT2D eigenvalue weighted by molar-refractivity contribution is 7.79. The molecule has 0 fully saturated rings. The number of nitrogens with one attached hydrogen (secondary N) is 1. The topological polar surface area (TPSA) is 42.0 Å². The Kier molecular flexibility index (Phi) is 13.5. The van der Waals surface area contributed by atoms with E-state index in [1.54, 1.807) is 0 Å². The molecule has 0 saturated carbocycles. The lowest BCUT2D eigenvalue weighted by Crippen LogP contribution is -2.10. The smallest absolute Gasteiger partial charge is 0.226 e. The third-order valence-electron chi connectivity index (χ3n) is 4.14. The Balaban J connectivity index is 1.82. The van der Waals surface area contributed by atoms with Gasteiger partial charge in [-0.1, -0.05) is 84.0 Å². The van der Waals surface area contributed by atoms with Crippen LogP contribution >= 0.6 is 32.9 Å². The largest absolute Gasteiger partial charge is 0.301 e. The Morgan fingerprint density at radius 1 is 0.875 bits per heavy atom. The normalized spacial score (nSPS) is 10.9. The van der Waals surface area contributed by atoms with Crippen molar-refractivity contribution in [2.75, 3.05) is 5.32 Å². The van der Waals surface area contributed by atoms with E-state index in [2.05, 4.69) is 17.2 Å². The van der Waals surface area contributed by atoms with Crippen LogP contribution in [-0.4, -0.2) is 10.9 Å². The number of rotatable bonds is 15. The summed E-state index contributed by atoms with van der Waals surface area (Å²) < 4.78 is 0.594. The first-order chi connectivity index (χ1) is 11.7. The van der Waals surface area contributed by atoms with Gasteiger partial charge in [-0.05, 0) is 39.3 Å². The van der Waals surface area contributed by atoms with Gasteiger partial charge in [-0.3, -0.25) is 4.79 Å². The van der Waals surface area contributed by atoms with Crippen molar-refractivity contribution >= 4 is 43.9 Å². The van der Waals surface area contributed by atoms with Gasteiger partial charge in [0.1, 0.15) is 0 Å². The predicted molar refractivity (Wildman–Crippen MR) is 110 cm³/mol. The third-order valence-corrected chi connectivity index (χ3v) is 6.66. The fourth-order valence-electron chi connectivity index (χ4n) is 2.73. The number of unbranched alkanes of at least 4 members (excludes halogenated alkanes) is 12. The molecule has 1 amide bonds. The molecule has 0 aliphatic rings. The maximum absolute atomic E-state index is 11.7. The minimum Gasteiger partial charge on any atom is -0.301 e. The van der Waals surface area contributed by atoms with Crippen LogP contribution in [-0.2, 0) is 4.79 Å². The highest BCUT2D eigenvalue weighted by Crippen LogP contribution is 2.19. The number of carbonyl (C=O) groups is 1. The lowest BCUT2D eigenvalue weighted by Gasteiger charge is -2.03. The van der Waals surface area contributed by atoms with E-state index in [9.17, 15) is 4.79 Å². The van der Waals surface area contributed by atoms with Crippen molar-refractivity contribution in [3.05, 3.63) is 3.95 Å². The first kappa shape index (κ1) is 21.7. The highest BCUT2D eigenvalue weighted by Gasteiger charge is 2.04. The standard InChI is InChI=1S/C18H32N2OS3/c1-2-3-4-5-6-7-8-9-10-11-12-13-14-15-16(21)19-17-20-18(22)24-23-17/h2-15H2,1H3,(H,19,20,21,22). The molecule has 0 bridgehead atoms. The van der Waals surface area contributed by atoms with Crippen LogP contribution in [0, 0.1) is 3.95 Å². The summed E-state index contributed by atoms with van der Waals surface area (Å²) in [7, 11) is 2.86. The molecule has 0 aliphatic heterocycles. The van der Waals surface area contributed by atoms with Crippen LogP contribution in [0.1, 0.15) is 96.8 Å². The quantitative estimate of drug-likeness (QED) is 0.194. The Labute approximate surface area is 159 Å². The van der Waals surface area contributed by atoms with Crippen molar-refractivity contribution in [3.8, 4) is 0 Å². The molecule has 6 heteroatoms. The van der Waals surface area contributed by atoms with Gasteiger partial charge >= 0.3 is 0 Å². The average molecular weight is 389 g/mol. The van der Waals surface area contributed by atoms with Gasteiger partial charge in [-0.25, -0.2) is 0 Å². The molecule has 0 aromatic carbocycles. The molecule has 0 spiro atoms. The summed E-state index contributed by atoms with van der Waals surface area (Å²) in [6.45, 7) is 2.27. The summed E-state index contributed by atoms with van der Waals surface area (Å²) in [5.41, 5.74) is 0. The number of nitrogens with zero attached hydrogens (tertiary/aromatic N) is 1. The van der Waals surface area contributed by atoms with E-state index >= 15 is 0 Å². The molecule has 1 N–H and O–H groups in total. The summed E-state index contributed by atoms with van der Waals surface area (Å²) in [5, 5.41) is 3.46. The summed E-state index contributed by atoms with van der Waals surface area (Å²) in [4.78, 5) is 15.8. The zero-order valence-electron chi connectivity index (χ0n) is 15.0. The first-order valence-corrected chi connectivity index (χ1v) is 12.0. The van der Waals surface area contributed by atoms with Gasteiger partial charge in [-0.2, -0.15) is 4.98 Å². The fourth-order valence-corrected chi connectivity index (χ4v) is 4.60. The highest BCUT2D eigenvalue weighted by atomic mass is 32.9. The molecule has 0 atom stereocenters. The number of carbonyl (C=O) groups excluding carboxylic acids is 1. The SMILES string of the molecule is CCCCCCCCCCCCCCCC(=O)Nc1nc(=S)ss1. The molecule has 1 heterocycles. The van der Waals surface area contributed by atoms with Gasteiger partial charge in [0.05, 0.1) is 0 Å². The lowest BCUT2D eigenvalue weighted by molar-refractivity contribution is -0.116. The van der Waals surface area contributed by atoms with Gasteiger partial charge < -0.3 is 5.32 Å². The van der Waals surface area contributed by atoms with Crippen LogP contribution in [0.15, 0.2) is 0 Å². The summed E-state index contributed by atoms with van der Waals surface area (Å²) in [6.07, 6.45) is 17.8. The van der Waals surface area contributed by atoms with E-state index in [1.807, 2.05) is 0 Å². The number of anilines is 1. The maximum Gasteiger partial charge on any atom is 0.226 e. The molecular weight excluding hydrogens is 356 g/mol. The second kappa shape index (κ2) is 15.0. The predicted octanol–water partition coefficient (Wildman–Crippen LogP) is 7.35. The van der Waals surface area contributed by atoms with E-state index < -0.39 is 0 Å². The second-order valence-electron chi connectivity index (χ2n) is 6.39. The summed E-state index contributed by atoms with van der Waals surface area (Å²) in [5.74, 6) is 0.0645. The van der Waals surface area contributed by atoms with Crippen LogP contribution in [0.3, 0.4) is 0 Å². The molecule has 24 heavy (non-hydrogen) atoms. The van der Waals surface area contributed by atoms with Crippen LogP contribution in [0.5, 0.6) is 0 Å². The molecule has 3 nitrogen and oxygen atoms in total. The molecule has 1 rings (SSSR count). The second-order valence-corrected chi connectivity index (χ2v) is 9.14. The molecule has 0 radical (unpaired) electrons. The first-order valence-electron chi connectivity index (χ1n) is 9.49. The van der Waals surface area contributed by atoms with E-state index in [4.69, 9.17) is 12.2 Å². The van der Waals surface area contributed by atoms with Crippen molar-refractivity contribution in [3.63, 3.8) is 0 Å². The molecule has 1 aromatic rings. The van der Waals surface area contributed by atoms with E-state index in [-0.39, 0.29) is 5.91 Å². The Bertz CT molecular complexity index is 485. The molecule has 138 valence electrons. The molecule has 0 saturated heterocycles. The lowest BCUT2D eigenvalue weighted by atomic mass is 10.0. The van der Waals surface area contributed by atoms with Crippen LogP contribution < -0.4 is 5.32 Å². The molecule has 0 aliphatic carbocycles. The fraction of sp³-hybridized carbons (Fsp3) is 0.833. The Morgan fingerprint density at radius 3 is 1.83 bits per heavy atom. The molecule has 0 unspecified atom stereocenters. The third kappa shape index (κ3) is 12.1. The van der Waals surface area contributed by atoms with Gasteiger partial charge in [0, 0.05) is 6.42 Å². The average Bonchev–Trinajstić information content (AvgIpc) is 2.96. The number of aromatic nitrogens is 1. The van der Waals surface area contributed by atoms with Crippen LogP contribution in [0.2, 0.25) is 0 Å². The van der Waals surface area contributed by atoms with Gasteiger partial charge in [-0.15, -0.1) is 0 Å². The van der Waals surface area contributed by atoms with Crippen molar-refractivity contribution in [2.45, 2.75) is 96.8 Å². The maximum atomic E-state index is 11.7. The van der Waals surface area contributed by atoms with E-state index in [0.29, 0.717) is 15.5 Å². The summed E-state index contributed by atoms with van der Waals surface area (Å²) >= 11 is 4.95. The van der Waals surface area contributed by atoms with Crippen molar-refractivity contribution in [2.24, 2.45) is 0 Å². The number of amides is 1. The summed E-state index contributed by atoms with van der Waals surface area (Å²) in [6, 6.07) is 0.